The van der Waals surface area contributed by atoms with Gasteiger partial charge in [0.05, 0.1) is 16.8 Å². The maximum atomic E-state index is 12.7. The van der Waals surface area contributed by atoms with Gasteiger partial charge in [-0.2, -0.15) is 13.2 Å². The second kappa shape index (κ2) is 6.87. The summed E-state index contributed by atoms with van der Waals surface area (Å²) in [5.74, 6) is -1.08. The molecule has 4 nitrogen and oxygen atoms in total. The van der Waals surface area contributed by atoms with Gasteiger partial charge in [-0.3, -0.25) is 4.98 Å². The number of benzene rings is 2. The molecule has 3 aromatic rings. The zero-order valence-corrected chi connectivity index (χ0v) is 13.3. The monoisotopic (exact) mass is 358 g/mol. The minimum Gasteiger partial charge on any atom is -0.478 e. The Balaban J connectivity index is 1.98. The third kappa shape index (κ3) is 3.83. The van der Waals surface area contributed by atoms with Crippen molar-refractivity contribution in [3.63, 3.8) is 0 Å². The highest BCUT2D eigenvalue weighted by atomic mass is 19.4. The molecule has 1 heterocycles. The van der Waals surface area contributed by atoms with Crippen LogP contribution in [0.15, 0.2) is 66.9 Å². The summed E-state index contributed by atoms with van der Waals surface area (Å²) in [7, 11) is 0. The van der Waals surface area contributed by atoms with Crippen LogP contribution in [0.5, 0.6) is 0 Å². The highest BCUT2D eigenvalue weighted by Crippen LogP contribution is 2.33. The first-order valence-electron chi connectivity index (χ1n) is 7.57. The molecule has 1 aromatic heterocycles. The second-order valence-corrected chi connectivity index (χ2v) is 5.48. The normalized spacial score (nSPS) is 11.2. The second-order valence-electron chi connectivity index (χ2n) is 5.48. The van der Waals surface area contributed by atoms with E-state index in [1.54, 1.807) is 30.5 Å². The van der Waals surface area contributed by atoms with E-state index in [1.165, 1.54) is 24.3 Å². The number of pyridine rings is 1. The summed E-state index contributed by atoms with van der Waals surface area (Å²) in [5, 5.41) is 12.2. The lowest BCUT2D eigenvalue weighted by Crippen LogP contribution is -2.04. The van der Waals surface area contributed by atoms with Crippen molar-refractivity contribution in [2.45, 2.75) is 6.18 Å². The number of carboxylic acid groups (broad SMARTS) is 1. The van der Waals surface area contributed by atoms with Crippen molar-refractivity contribution >= 4 is 17.3 Å². The van der Waals surface area contributed by atoms with Crippen molar-refractivity contribution in [1.82, 2.24) is 4.98 Å². The van der Waals surface area contributed by atoms with Gasteiger partial charge in [0, 0.05) is 23.1 Å². The van der Waals surface area contributed by atoms with E-state index < -0.39 is 17.7 Å². The van der Waals surface area contributed by atoms with Crippen molar-refractivity contribution in [3.8, 4) is 11.3 Å². The molecule has 0 bridgehead atoms. The average Bonchev–Trinajstić information content (AvgIpc) is 2.62. The largest absolute Gasteiger partial charge is 0.478 e. The molecule has 7 heteroatoms. The Morgan fingerprint density at radius 3 is 2.31 bits per heavy atom. The maximum absolute atomic E-state index is 12.7. The van der Waals surface area contributed by atoms with Crippen LogP contribution in [-0.2, 0) is 6.18 Å². The van der Waals surface area contributed by atoms with E-state index in [0.717, 1.165) is 12.1 Å². The summed E-state index contributed by atoms with van der Waals surface area (Å²) in [6.07, 6.45) is -2.83. The Morgan fingerprint density at radius 2 is 1.73 bits per heavy atom. The first kappa shape index (κ1) is 17.5. The fourth-order valence-electron chi connectivity index (χ4n) is 2.42. The van der Waals surface area contributed by atoms with Crippen molar-refractivity contribution in [2.75, 3.05) is 5.32 Å². The predicted octanol–water partition coefficient (Wildman–Crippen LogP) is 5.21. The summed E-state index contributed by atoms with van der Waals surface area (Å²) >= 11 is 0. The van der Waals surface area contributed by atoms with Crippen LogP contribution in [0.1, 0.15) is 15.9 Å². The van der Waals surface area contributed by atoms with Gasteiger partial charge in [0.1, 0.15) is 0 Å². The predicted molar refractivity (Wildman–Crippen MR) is 91.4 cm³/mol. The lowest BCUT2D eigenvalue weighted by atomic mass is 10.0. The molecule has 0 aliphatic rings. The molecule has 0 aliphatic carbocycles. The van der Waals surface area contributed by atoms with Crippen molar-refractivity contribution in [3.05, 3.63) is 78.0 Å². The van der Waals surface area contributed by atoms with E-state index in [-0.39, 0.29) is 5.56 Å². The minimum atomic E-state index is -4.40. The lowest BCUT2D eigenvalue weighted by molar-refractivity contribution is -0.137. The number of halogens is 3. The molecular weight excluding hydrogens is 345 g/mol. The number of aromatic nitrogens is 1. The first-order chi connectivity index (χ1) is 12.3. The number of hydrogen-bond acceptors (Lipinski definition) is 3. The third-order valence-electron chi connectivity index (χ3n) is 3.70. The molecule has 2 N–H and O–H groups in total. The van der Waals surface area contributed by atoms with Gasteiger partial charge in [-0.25, -0.2) is 4.79 Å². The van der Waals surface area contributed by atoms with Crippen LogP contribution in [-0.4, -0.2) is 16.1 Å². The molecule has 2 aromatic carbocycles. The van der Waals surface area contributed by atoms with Crippen LogP contribution in [0.25, 0.3) is 11.3 Å². The van der Waals surface area contributed by atoms with Crippen LogP contribution < -0.4 is 5.32 Å². The molecule has 0 saturated heterocycles. The summed E-state index contributed by atoms with van der Waals surface area (Å²) in [6.45, 7) is 0. The molecule has 0 saturated carbocycles. The standard InChI is InChI=1S/C19H13F3N2O2/c20-19(21,22)13-5-7-14(8-6-13)24-17-9-4-12(18(25)26)11-15(17)16-3-1-2-10-23-16/h1-11,24H,(H,25,26). The number of nitrogens with zero attached hydrogens (tertiary/aromatic N) is 1. The van der Waals surface area contributed by atoms with Gasteiger partial charge in [0.15, 0.2) is 0 Å². The third-order valence-corrected chi connectivity index (χ3v) is 3.70. The average molecular weight is 358 g/mol. The fourth-order valence-corrected chi connectivity index (χ4v) is 2.42. The number of hydrogen-bond donors (Lipinski definition) is 2. The highest BCUT2D eigenvalue weighted by molar-refractivity contribution is 5.92. The van der Waals surface area contributed by atoms with Gasteiger partial charge in [-0.1, -0.05) is 6.07 Å². The summed E-state index contributed by atoms with van der Waals surface area (Å²) in [4.78, 5) is 15.5. The van der Waals surface area contributed by atoms with Crippen molar-refractivity contribution in [1.29, 1.82) is 0 Å². The summed E-state index contributed by atoms with van der Waals surface area (Å²) in [6, 6.07) is 14.3. The molecule has 0 spiro atoms. The zero-order chi connectivity index (χ0) is 18.7. The van der Waals surface area contributed by atoms with Crippen LogP contribution >= 0.6 is 0 Å². The van der Waals surface area contributed by atoms with E-state index in [0.29, 0.717) is 22.6 Å². The number of aromatic carboxylic acids is 1. The molecule has 0 radical (unpaired) electrons. The van der Waals surface area contributed by atoms with Gasteiger partial charge >= 0.3 is 12.1 Å². The summed E-state index contributed by atoms with van der Waals surface area (Å²) in [5.41, 5.74) is 1.40. The summed E-state index contributed by atoms with van der Waals surface area (Å²) < 4.78 is 38.0. The highest BCUT2D eigenvalue weighted by Gasteiger charge is 2.29. The molecule has 0 unspecified atom stereocenters. The van der Waals surface area contributed by atoms with Gasteiger partial charge in [0.2, 0.25) is 0 Å². The molecule has 0 fully saturated rings. The van der Waals surface area contributed by atoms with Crippen LogP contribution in [0.3, 0.4) is 0 Å². The number of rotatable bonds is 4. The van der Waals surface area contributed by atoms with Crippen LogP contribution in [0.4, 0.5) is 24.5 Å². The molecule has 132 valence electrons. The quantitative estimate of drug-likeness (QED) is 0.672. The minimum absolute atomic E-state index is 0.0867. The van der Waals surface area contributed by atoms with Crippen LogP contribution in [0.2, 0.25) is 0 Å². The smallest absolute Gasteiger partial charge is 0.416 e. The Morgan fingerprint density at radius 1 is 1.00 bits per heavy atom. The van der Waals surface area contributed by atoms with Gasteiger partial charge in [-0.05, 0) is 54.6 Å². The van der Waals surface area contributed by atoms with Crippen molar-refractivity contribution in [2.24, 2.45) is 0 Å². The van der Waals surface area contributed by atoms with Gasteiger partial charge < -0.3 is 10.4 Å². The molecule has 26 heavy (non-hydrogen) atoms. The van der Waals surface area contributed by atoms with Crippen molar-refractivity contribution < 1.29 is 23.1 Å². The van der Waals surface area contributed by atoms with E-state index >= 15 is 0 Å². The topological polar surface area (TPSA) is 62.2 Å². The fraction of sp³-hybridized carbons (Fsp3) is 0.0526. The lowest BCUT2D eigenvalue weighted by Gasteiger charge is -2.14. The molecule has 0 amide bonds. The Labute approximate surface area is 146 Å². The number of carbonyl (C=O) groups is 1. The Kier molecular flexibility index (Phi) is 4.62. The molecule has 0 aliphatic heterocycles. The van der Waals surface area contributed by atoms with E-state index in [1.807, 2.05) is 0 Å². The SMILES string of the molecule is O=C(O)c1ccc(Nc2ccc(C(F)(F)F)cc2)c(-c2ccccn2)c1. The Bertz CT molecular complexity index is 924. The van der Waals surface area contributed by atoms with Crippen LogP contribution in [0, 0.1) is 0 Å². The number of nitrogens with one attached hydrogen (secondary N) is 1. The maximum Gasteiger partial charge on any atom is 0.416 e. The number of alkyl halides is 3. The van der Waals surface area contributed by atoms with E-state index in [4.69, 9.17) is 0 Å². The molecule has 0 atom stereocenters. The Hall–Kier alpha value is -3.35. The van der Waals surface area contributed by atoms with Gasteiger partial charge in [-0.15, -0.1) is 0 Å². The first-order valence-corrected chi connectivity index (χ1v) is 7.57. The number of anilines is 2. The zero-order valence-electron chi connectivity index (χ0n) is 13.3. The molecular formula is C19H13F3N2O2. The van der Waals surface area contributed by atoms with E-state index in [2.05, 4.69) is 10.3 Å². The number of carboxylic acids is 1. The van der Waals surface area contributed by atoms with Gasteiger partial charge in [0.25, 0.3) is 0 Å². The molecule has 3 rings (SSSR count). The van der Waals surface area contributed by atoms with E-state index in [9.17, 15) is 23.1 Å².